The number of hydrogen-bond acceptors (Lipinski definition) is 6. The second kappa shape index (κ2) is 7.30. The number of ketones is 1. The van der Waals surface area contributed by atoms with Gasteiger partial charge in [0.05, 0.1) is 15.7 Å². The predicted octanol–water partition coefficient (Wildman–Crippen LogP) is 3.63. The molecule has 1 aromatic carbocycles. The number of benzene rings is 1. The third-order valence-corrected chi connectivity index (χ3v) is 3.90. The van der Waals surface area contributed by atoms with Gasteiger partial charge in [0, 0.05) is 23.9 Å². The highest BCUT2D eigenvalue weighted by Gasteiger charge is 2.19. The average molecular weight is 370 g/mol. The van der Waals surface area contributed by atoms with Crippen molar-refractivity contribution in [2.75, 3.05) is 0 Å². The van der Waals surface area contributed by atoms with Crippen molar-refractivity contribution in [3.8, 4) is 0 Å². The highest BCUT2D eigenvalue weighted by atomic mass is 35.5. The van der Waals surface area contributed by atoms with Crippen molar-refractivity contribution in [2.24, 2.45) is 4.99 Å². The van der Waals surface area contributed by atoms with Crippen LogP contribution in [0.4, 0.5) is 5.69 Å². The summed E-state index contributed by atoms with van der Waals surface area (Å²) in [4.78, 5) is 25.8. The Balaban J connectivity index is 1.88. The quantitative estimate of drug-likeness (QED) is 0.648. The largest absolute Gasteiger partial charge is 0.288 e. The van der Waals surface area contributed by atoms with Crippen LogP contribution in [0.1, 0.15) is 5.56 Å². The number of nitro benzene ring substituents is 1. The highest BCUT2D eigenvalue weighted by molar-refractivity contribution is 6.44. The minimum Gasteiger partial charge on any atom is -0.288 e. The van der Waals surface area contributed by atoms with Gasteiger partial charge in [0.25, 0.3) is 5.69 Å². The normalized spacial score (nSPS) is 19.8. The number of hydrogen-bond donors (Lipinski definition) is 1. The molecular weight excluding hydrogens is 358 g/mol. The molecule has 0 radical (unpaired) electrons. The maximum absolute atomic E-state index is 11.3. The van der Waals surface area contributed by atoms with Crippen molar-refractivity contribution in [3.05, 3.63) is 98.9 Å². The molecule has 1 heterocycles. The van der Waals surface area contributed by atoms with Crippen LogP contribution in [0.15, 0.2) is 88.2 Å². The van der Waals surface area contributed by atoms with Crippen LogP contribution in [0.25, 0.3) is 0 Å². The lowest BCUT2D eigenvalue weighted by atomic mass is 10.1. The van der Waals surface area contributed by atoms with E-state index in [0.717, 1.165) is 5.06 Å². The van der Waals surface area contributed by atoms with Gasteiger partial charge in [0.2, 0.25) is 0 Å². The molecule has 0 bridgehead atoms. The second-order valence-electron chi connectivity index (χ2n) is 5.34. The first-order valence-corrected chi connectivity index (χ1v) is 7.83. The van der Waals surface area contributed by atoms with Gasteiger partial charge in [-0.1, -0.05) is 35.9 Å². The van der Waals surface area contributed by atoms with E-state index in [-0.39, 0.29) is 22.3 Å². The molecule has 0 atom stereocenters. The zero-order valence-electron chi connectivity index (χ0n) is 13.2. The van der Waals surface area contributed by atoms with Crippen LogP contribution in [0.2, 0.25) is 0 Å². The molecule has 2 aliphatic rings. The Labute approximate surface area is 153 Å². The van der Waals surface area contributed by atoms with Crippen molar-refractivity contribution in [2.45, 2.75) is 0 Å². The summed E-state index contributed by atoms with van der Waals surface area (Å²) in [6.07, 6.45) is 10.8. The lowest BCUT2D eigenvalue weighted by Gasteiger charge is -2.22. The summed E-state index contributed by atoms with van der Waals surface area (Å²) < 4.78 is 0. The first-order chi connectivity index (χ1) is 12.5. The Kier molecular flexibility index (Phi) is 4.92. The van der Waals surface area contributed by atoms with Gasteiger partial charge in [-0.25, -0.2) is 10.1 Å². The van der Waals surface area contributed by atoms with Crippen molar-refractivity contribution in [3.63, 3.8) is 0 Å². The molecule has 26 heavy (non-hydrogen) atoms. The summed E-state index contributed by atoms with van der Waals surface area (Å²) in [5.74, 6) is -0.110. The lowest BCUT2D eigenvalue weighted by molar-refractivity contribution is -0.384. The Hall–Kier alpha value is -3.29. The van der Waals surface area contributed by atoms with Crippen LogP contribution in [-0.4, -0.2) is 26.8 Å². The van der Waals surface area contributed by atoms with Crippen LogP contribution >= 0.6 is 11.6 Å². The van der Waals surface area contributed by atoms with Crippen LogP contribution in [-0.2, 0) is 4.79 Å². The zero-order chi connectivity index (χ0) is 18.7. The second-order valence-corrected chi connectivity index (χ2v) is 5.74. The number of carbonyl (C=O) groups excluding carboxylic acids is 1. The Morgan fingerprint density at radius 3 is 2.77 bits per heavy atom. The Morgan fingerprint density at radius 1 is 1.23 bits per heavy atom. The van der Waals surface area contributed by atoms with Gasteiger partial charge in [-0.05, 0) is 29.9 Å². The van der Waals surface area contributed by atoms with E-state index >= 15 is 0 Å². The highest BCUT2D eigenvalue weighted by Crippen LogP contribution is 2.21. The molecule has 1 aliphatic carbocycles. The molecule has 0 fully saturated rings. The summed E-state index contributed by atoms with van der Waals surface area (Å²) in [7, 11) is 0. The zero-order valence-corrected chi connectivity index (χ0v) is 14.0. The van der Waals surface area contributed by atoms with E-state index in [1.165, 1.54) is 36.6 Å². The van der Waals surface area contributed by atoms with Gasteiger partial charge in [-0.2, -0.15) is 0 Å². The van der Waals surface area contributed by atoms with Crippen molar-refractivity contribution in [1.29, 1.82) is 0 Å². The number of nitrogens with zero attached hydrogens (tertiary/aromatic N) is 3. The minimum atomic E-state index is -0.515. The van der Waals surface area contributed by atoms with E-state index in [1.807, 2.05) is 0 Å². The lowest BCUT2D eigenvalue weighted by Crippen LogP contribution is -2.28. The fourth-order valence-corrected chi connectivity index (χ4v) is 2.50. The number of nitro groups is 1. The molecule has 8 heteroatoms. The monoisotopic (exact) mass is 369 g/mol. The van der Waals surface area contributed by atoms with Gasteiger partial charge < -0.3 is 0 Å². The molecule has 0 spiro atoms. The number of allylic oxidation sites excluding steroid dienone is 8. The molecule has 1 aliphatic heterocycles. The number of carbonyl (C=O) groups is 1. The SMILES string of the molecule is O=C1C=CC(=CC=C2C=CN=C(c3cccc([N+](=O)[O-])c3)N2O)C=C1Cl. The summed E-state index contributed by atoms with van der Waals surface area (Å²) in [6, 6.07) is 5.82. The molecule has 0 saturated heterocycles. The molecular formula is C18H12ClN3O4. The number of hydroxylamine groups is 2. The molecule has 0 aromatic heterocycles. The first kappa shape index (κ1) is 17.5. The standard InChI is InChI=1S/C18H12ClN3O4/c19-16-10-12(5-7-17(16)23)4-6-14-8-9-20-18(21(14)24)13-2-1-3-15(11-13)22(25)26/h1-11,24H. The summed E-state index contributed by atoms with van der Waals surface area (Å²) in [5.41, 5.74) is 1.38. The van der Waals surface area contributed by atoms with Crippen molar-refractivity contribution < 1.29 is 14.9 Å². The molecule has 130 valence electrons. The number of aliphatic imine (C=N–C) groups is 1. The average Bonchev–Trinajstić information content (AvgIpc) is 2.63. The molecule has 0 unspecified atom stereocenters. The van der Waals surface area contributed by atoms with E-state index in [2.05, 4.69) is 4.99 Å². The topological polar surface area (TPSA) is 96.0 Å². The number of amidine groups is 1. The number of non-ortho nitro benzene ring substituents is 1. The van der Waals surface area contributed by atoms with Gasteiger partial charge in [0.15, 0.2) is 11.6 Å². The summed E-state index contributed by atoms with van der Waals surface area (Å²) in [5, 5.41) is 22.3. The third kappa shape index (κ3) is 3.69. The van der Waals surface area contributed by atoms with Crippen LogP contribution in [0, 0.1) is 10.1 Å². The summed E-state index contributed by atoms with van der Waals surface area (Å²) in [6.45, 7) is 0. The van der Waals surface area contributed by atoms with E-state index in [0.29, 0.717) is 16.8 Å². The molecule has 0 saturated carbocycles. The molecule has 7 nitrogen and oxygen atoms in total. The van der Waals surface area contributed by atoms with E-state index < -0.39 is 4.92 Å². The predicted molar refractivity (Wildman–Crippen MR) is 96.6 cm³/mol. The minimum absolute atomic E-state index is 0.0995. The van der Waals surface area contributed by atoms with E-state index in [1.54, 1.807) is 30.4 Å². The van der Waals surface area contributed by atoms with E-state index in [9.17, 15) is 20.1 Å². The molecule has 1 aromatic rings. The fourth-order valence-electron chi connectivity index (χ4n) is 2.32. The van der Waals surface area contributed by atoms with Gasteiger partial charge in [0.1, 0.15) is 0 Å². The Morgan fingerprint density at radius 2 is 2.04 bits per heavy atom. The molecule has 1 N–H and O–H groups in total. The van der Waals surface area contributed by atoms with Crippen LogP contribution < -0.4 is 0 Å². The number of halogens is 1. The van der Waals surface area contributed by atoms with Gasteiger partial charge in [-0.3, -0.25) is 20.1 Å². The molecule has 3 rings (SSSR count). The van der Waals surface area contributed by atoms with Crippen molar-refractivity contribution >= 4 is 28.9 Å². The fraction of sp³-hybridized carbons (Fsp3) is 0. The maximum atomic E-state index is 11.3. The maximum Gasteiger partial charge on any atom is 0.270 e. The van der Waals surface area contributed by atoms with Gasteiger partial charge >= 0.3 is 0 Å². The third-order valence-electron chi connectivity index (χ3n) is 3.60. The first-order valence-electron chi connectivity index (χ1n) is 7.45. The smallest absolute Gasteiger partial charge is 0.270 e. The van der Waals surface area contributed by atoms with Crippen LogP contribution in [0.5, 0.6) is 0 Å². The van der Waals surface area contributed by atoms with E-state index in [4.69, 9.17) is 11.6 Å². The summed E-state index contributed by atoms with van der Waals surface area (Å²) >= 11 is 5.81. The van der Waals surface area contributed by atoms with Crippen LogP contribution in [0.3, 0.4) is 0 Å². The number of rotatable bonds is 3. The van der Waals surface area contributed by atoms with Crippen molar-refractivity contribution in [1.82, 2.24) is 5.06 Å². The van der Waals surface area contributed by atoms with Gasteiger partial charge in [-0.15, -0.1) is 0 Å². The molecule has 0 amide bonds. The Bertz CT molecular complexity index is 970.